The number of rotatable bonds is 8. The summed E-state index contributed by atoms with van der Waals surface area (Å²) < 4.78 is 5.27. The van der Waals surface area contributed by atoms with Crippen LogP contribution >= 0.6 is 0 Å². The third-order valence-electron chi connectivity index (χ3n) is 4.35. The zero-order valence-corrected chi connectivity index (χ0v) is 14.5. The fraction of sp³-hybridized carbons (Fsp3) is 1.00. The van der Waals surface area contributed by atoms with Crippen molar-refractivity contribution in [3.05, 3.63) is 0 Å². The van der Waals surface area contributed by atoms with Gasteiger partial charge in [-0.2, -0.15) is 0 Å². The molecule has 1 heterocycles. The van der Waals surface area contributed by atoms with Gasteiger partial charge in [-0.15, -0.1) is 0 Å². The van der Waals surface area contributed by atoms with Crippen molar-refractivity contribution in [3.63, 3.8) is 0 Å². The van der Waals surface area contributed by atoms with E-state index in [0.29, 0.717) is 18.1 Å². The van der Waals surface area contributed by atoms with Crippen LogP contribution in [0.25, 0.3) is 0 Å². The van der Waals surface area contributed by atoms with E-state index in [2.05, 4.69) is 44.8 Å². The molecule has 0 aliphatic carbocycles. The van der Waals surface area contributed by atoms with E-state index >= 15 is 0 Å². The normalized spacial score (nSPS) is 26.4. The van der Waals surface area contributed by atoms with Gasteiger partial charge in [0.15, 0.2) is 0 Å². The maximum atomic E-state index is 5.27. The molecule has 0 saturated carbocycles. The smallest absolute Gasteiger partial charge is 0.0477 e. The molecule has 20 heavy (non-hydrogen) atoms. The van der Waals surface area contributed by atoms with Crippen molar-refractivity contribution in [2.45, 2.75) is 72.0 Å². The quantitative estimate of drug-likeness (QED) is 0.741. The second-order valence-electron chi connectivity index (χ2n) is 7.35. The maximum absolute atomic E-state index is 5.27. The van der Waals surface area contributed by atoms with E-state index in [1.54, 1.807) is 7.11 Å². The van der Waals surface area contributed by atoms with Gasteiger partial charge in [0.25, 0.3) is 0 Å². The molecule has 0 aromatic heterocycles. The molecule has 1 N–H and O–H groups in total. The molecule has 3 nitrogen and oxygen atoms in total. The number of hydrogen-bond acceptors (Lipinski definition) is 3. The number of hydrogen-bond donors (Lipinski definition) is 1. The topological polar surface area (TPSA) is 24.5 Å². The summed E-state index contributed by atoms with van der Waals surface area (Å²) in [6.45, 7) is 14.9. The van der Waals surface area contributed by atoms with Gasteiger partial charge in [-0.1, -0.05) is 27.7 Å². The third-order valence-corrected chi connectivity index (χ3v) is 4.35. The van der Waals surface area contributed by atoms with Crippen molar-refractivity contribution in [2.24, 2.45) is 11.8 Å². The van der Waals surface area contributed by atoms with Gasteiger partial charge in [0.05, 0.1) is 0 Å². The van der Waals surface area contributed by atoms with E-state index in [1.807, 2.05) is 0 Å². The Balaban J connectivity index is 2.61. The molecule has 0 aromatic carbocycles. The standard InChI is InChI=1S/C17H36N2O/c1-13(2)9-16-12-19(15(5)7-8-20-6)17(11-18-16)10-14(3)4/h13-18H,7-12H2,1-6H3. The fourth-order valence-corrected chi connectivity index (χ4v) is 3.37. The highest BCUT2D eigenvalue weighted by molar-refractivity contribution is 4.89. The SMILES string of the molecule is COCCC(C)N1CC(CC(C)C)NCC1CC(C)C. The van der Waals surface area contributed by atoms with E-state index in [9.17, 15) is 0 Å². The van der Waals surface area contributed by atoms with E-state index in [0.717, 1.165) is 31.4 Å². The van der Waals surface area contributed by atoms with Gasteiger partial charge in [-0.3, -0.25) is 4.90 Å². The third kappa shape index (κ3) is 6.11. The highest BCUT2D eigenvalue weighted by atomic mass is 16.5. The first-order valence-corrected chi connectivity index (χ1v) is 8.42. The monoisotopic (exact) mass is 284 g/mol. The lowest BCUT2D eigenvalue weighted by atomic mass is 9.94. The number of nitrogens with one attached hydrogen (secondary N) is 1. The van der Waals surface area contributed by atoms with Gasteiger partial charge in [0, 0.05) is 44.9 Å². The lowest BCUT2D eigenvalue weighted by molar-refractivity contribution is 0.0541. The Kier molecular flexibility index (Phi) is 8.08. The summed E-state index contributed by atoms with van der Waals surface area (Å²) in [5.74, 6) is 1.53. The molecule has 1 saturated heterocycles. The van der Waals surface area contributed by atoms with Crippen molar-refractivity contribution >= 4 is 0 Å². The Morgan fingerprint density at radius 1 is 1.10 bits per heavy atom. The Bertz CT molecular complexity index is 255. The van der Waals surface area contributed by atoms with Crippen LogP contribution in [0, 0.1) is 11.8 Å². The molecule has 1 rings (SSSR count). The molecule has 3 atom stereocenters. The minimum Gasteiger partial charge on any atom is -0.385 e. The molecule has 0 amide bonds. The number of nitrogens with zero attached hydrogens (tertiary/aromatic N) is 1. The Hall–Kier alpha value is -0.120. The molecular formula is C17H36N2O. The van der Waals surface area contributed by atoms with Gasteiger partial charge in [-0.25, -0.2) is 0 Å². The van der Waals surface area contributed by atoms with Crippen LogP contribution in [0.1, 0.15) is 53.9 Å². The zero-order valence-electron chi connectivity index (χ0n) is 14.5. The van der Waals surface area contributed by atoms with Gasteiger partial charge in [0.1, 0.15) is 0 Å². The molecule has 0 radical (unpaired) electrons. The summed E-state index contributed by atoms with van der Waals surface area (Å²) in [6.07, 6.45) is 3.71. The minimum absolute atomic E-state index is 0.621. The lowest BCUT2D eigenvalue weighted by Gasteiger charge is -2.45. The van der Waals surface area contributed by atoms with Crippen LogP contribution in [0.15, 0.2) is 0 Å². The van der Waals surface area contributed by atoms with Crippen molar-refractivity contribution in [1.29, 1.82) is 0 Å². The summed E-state index contributed by atoms with van der Waals surface area (Å²) in [4.78, 5) is 2.74. The van der Waals surface area contributed by atoms with Crippen molar-refractivity contribution in [2.75, 3.05) is 26.8 Å². The summed E-state index contributed by atoms with van der Waals surface area (Å²) in [7, 11) is 1.80. The van der Waals surface area contributed by atoms with Crippen molar-refractivity contribution < 1.29 is 4.74 Å². The molecule has 120 valence electrons. The average molecular weight is 284 g/mol. The molecule has 1 aliphatic heterocycles. The van der Waals surface area contributed by atoms with Crippen LogP contribution in [-0.2, 0) is 4.74 Å². The molecule has 3 heteroatoms. The van der Waals surface area contributed by atoms with Gasteiger partial charge in [-0.05, 0) is 38.0 Å². The van der Waals surface area contributed by atoms with E-state index in [-0.39, 0.29) is 0 Å². The molecule has 3 unspecified atom stereocenters. The summed E-state index contributed by atoms with van der Waals surface area (Å²) in [5.41, 5.74) is 0. The summed E-state index contributed by atoms with van der Waals surface area (Å²) in [6, 6.07) is 1.96. The highest BCUT2D eigenvalue weighted by Gasteiger charge is 2.31. The summed E-state index contributed by atoms with van der Waals surface area (Å²) in [5, 5.41) is 3.77. The van der Waals surface area contributed by atoms with Crippen molar-refractivity contribution in [3.8, 4) is 0 Å². The predicted molar refractivity (Wildman–Crippen MR) is 87.1 cm³/mol. The van der Waals surface area contributed by atoms with E-state index < -0.39 is 0 Å². The largest absolute Gasteiger partial charge is 0.385 e. The molecule has 0 spiro atoms. The average Bonchev–Trinajstić information content (AvgIpc) is 2.36. The predicted octanol–water partition coefficient (Wildman–Crippen LogP) is 3.15. The Morgan fingerprint density at radius 3 is 2.30 bits per heavy atom. The van der Waals surface area contributed by atoms with Crippen LogP contribution < -0.4 is 5.32 Å². The lowest BCUT2D eigenvalue weighted by Crippen LogP contribution is -2.59. The first-order valence-electron chi connectivity index (χ1n) is 8.42. The number of methoxy groups -OCH3 is 1. The first-order chi connectivity index (χ1) is 9.43. The van der Waals surface area contributed by atoms with Gasteiger partial charge >= 0.3 is 0 Å². The molecule has 0 aromatic rings. The highest BCUT2D eigenvalue weighted by Crippen LogP contribution is 2.21. The van der Waals surface area contributed by atoms with Crippen LogP contribution in [0.3, 0.4) is 0 Å². The van der Waals surface area contributed by atoms with Crippen LogP contribution in [0.2, 0.25) is 0 Å². The van der Waals surface area contributed by atoms with Crippen molar-refractivity contribution in [1.82, 2.24) is 10.2 Å². The van der Waals surface area contributed by atoms with E-state index in [4.69, 9.17) is 4.74 Å². The zero-order chi connectivity index (χ0) is 15.1. The fourth-order valence-electron chi connectivity index (χ4n) is 3.37. The first kappa shape index (κ1) is 17.9. The summed E-state index contributed by atoms with van der Waals surface area (Å²) >= 11 is 0. The number of ether oxygens (including phenoxy) is 1. The molecular weight excluding hydrogens is 248 g/mol. The minimum atomic E-state index is 0.621. The van der Waals surface area contributed by atoms with Crippen LogP contribution in [0.5, 0.6) is 0 Å². The molecule has 1 fully saturated rings. The number of piperazine rings is 1. The Labute approximate surface area is 126 Å². The molecule has 1 aliphatic rings. The van der Waals surface area contributed by atoms with Gasteiger partial charge in [0.2, 0.25) is 0 Å². The second-order valence-corrected chi connectivity index (χ2v) is 7.35. The van der Waals surface area contributed by atoms with Gasteiger partial charge < -0.3 is 10.1 Å². The van der Waals surface area contributed by atoms with Crippen LogP contribution in [-0.4, -0.2) is 49.8 Å². The molecule has 0 bridgehead atoms. The van der Waals surface area contributed by atoms with E-state index in [1.165, 1.54) is 19.4 Å². The Morgan fingerprint density at radius 2 is 1.75 bits per heavy atom. The maximum Gasteiger partial charge on any atom is 0.0477 e. The van der Waals surface area contributed by atoms with Crippen LogP contribution in [0.4, 0.5) is 0 Å². The second kappa shape index (κ2) is 9.01.